The second-order valence-electron chi connectivity index (χ2n) is 5.43. The zero-order valence-corrected chi connectivity index (χ0v) is 13.1. The smallest absolute Gasteiger partial charge is 0.308 e. The molecule has 0 amide bonds. The van der Waals surface area contributed by atoms with Crippen LogP contribution in [0.3, 0.4) is 0 Å². The van der Waals surface area contributed by atoms with Crippen molar-refractivity contribution in [3.05, 3.63) is 30.5 Å². The highest BCUT2D eigenvalue weighted by Gasteiger charge is 2.32. The van der Waals surface area contributed by atoms with Crippen LogP contribution in [0.5, 0.6) is 0 Å². The van der Waals surface area contributed by atoms with Crippen LogP contribution in [0.25, 0.3) is 10.9 Å². The van der Waals surface area contributed by atoms with Gasteiger partial charge in [0.1, 0.15) is 0 Å². The van der Waals surface area contributed by atoms with Crippen molar-refractivity contribution in [3.8, 4) is 0 Å². The number of fused-ring (bicyclic) bond motifs is 1. The van der Waals surface area contributed by atoms with E-state index in [-0.39, 0.29) is 16.8 Å². The van der Waals surface area contributed by atoms with E-state index < -0.39 is 10.0 Å². The molecule has 1 aliphatic rings. The minimum atomic E-state index is -3.53. The lowest BCUT2D eigenvalue weighted by Crippen LogP contribution is -2.40. The minimum Gasteiger partial charge on any atom is -0.469 e. The van der Waals surface area contributed by atoms with Gasteiger partial charge in [-0.2, -0.15) is 4.31 Å². The molecule has 1 fully saturated rings. The number of ether oxygens (including phenoxy) is 1. The van der Waals surface area contributed by atoms with Gasteiger partial charge in [-0.05, 0) is 36.4 Å². The second kappa shape index (κ2) is 5.73. The van der Waals surface area contributed by atoms with Crippen LogP contribution >= 0.6 is 0 Å². The quantitative estimate of drug-likeness (QED) is 0.873. The van der Waals surface area contributed by atoms with E-state index >= 15 is 0 Å². The Hall–Kier alpha value is -1.86. The first-order valence-corrected chi connectivity index (χ1v) is 8.61. The topological polar surface area (TPSA) is 79.5 Å². The van der Waals surface area contributed by atoms with Gasteiger partial charge in [0.15, 0.2) is 0 Å². The molecule has 1 saturated heterocycles. The molecule has 1 aromatic heterocycles. The number of rotatable bonds is 3. The molecule has 1 aliphatic heterocycles. The number of H-pyrrole nitrogens is 1. The number of hydrogen-bond acceptors (Lipinski definition) is 4. The summed E-state index contributed by atoms with van der Waals surface area (Å²) in [5.41, 5.74) is 0.797. The normalized spacial score (nSPS) is 17.7. The van der Waals surface area contributed by atoms with Gasteiger partial charge in [-0.1, -0.05) is 6.07 Å². The van der Waals surface area contributed by atoms with Crippen molar-refractivity contribution in [1.82, 2.24) is 9.29 Å². The number of hydrogen-bond donors (Lipinski definition) is 1. The van der Waals surface area contributed by atoms with E-state index in [9.17, 15) is 13.2 Å². The number of carbonyl (C=O) groups is 1. The number of benzene rings is 1. The zero-order valence-electron chi connectivity index (χ0n) is 12.3. The molecule has 0 aliphatic carbocycles. The lowest BCUT2D eigenvalue weighted by molar-refractivity contribution is -0.146. The summed E-state index contributed by atoms with van der Waals surface area (Å²) < 4.78 is 31.6. The lowest BCUT2D eigenvalue weighted by atomic mass is 9.99. The van der Waals surface area contributed by atoms with E-state index in [1.807, 2.05) is 6.07 Å². The van der Waals surface area contributed by atoms with Crippen molar-refractivity contribution >= 4 is 26.9 Å². The number of aromatic nitrogens is 1. The first kappa shape index (κ1) is 15.1. The van der Waals surface area contributed by atoms with Crippen LogP contribution in [0.1, 0.15) is 12.8 Å². The molecule has 7 heteroatoms. The van der Waals surface area contributed by atoms with Crippen LogP contribution in [0, 0.1) is 5.92 Å². The first-order valence-electron chi connectivity index (χ1n) is 7.17. The second-order valence-corrected chi connectivity index (χ2v) is 7.37. The third-order valence-corrected chi connectivity index (χ3v) is 6.05. The Kier molecular flexibility index (Phi) is 3.92. The van der Waals surface area contributed by atoms with E-state index in [4.69, 9.17) is 4.74 Å². The van der Waals surface area contributed by atoms with Crippen LogP contribution < -0.4 is 0 Å². The number of nitrogens with zero attached hydrogens (tertiary/aromatic N) is 1. The van der Waals surface area contributed by atoms with Crippen molar-refractivity contribution in [2.24, 2.45) is 5.92 Å². The highest BCUT2D eigenvalue weighted by molar-refractivity contribution is 7.89. The van der Waals surface area contributed by atoms with Crippen molar-refractivity contribution < 1.29 is 17.9 Å². The van der Waals surface area contributed by atoms with Crippen molar-refractivity contribution in [2.45, 2.75) is 17.7 Å². The van der Waals surface area contributed by atoms with Gasteiger partial charge >= 0.3 is 5.97 Å². The number of piperidine rings is 1. The summed E-state index contributed by atoms with van der Waals surface area (Å²) in [5, 5.41) is 0.975. The molecule has 1 aromatic carbocycles. The molecule has 118 valence electrons. The summed E-state index contributed by atoms with van der Waals surface area (Å²) in [6.45, 7) is 0.676. The van der Waals surface area contributed by atoms with E-state index in [1.165, 1.54) is 11.4 Å². The zero-order chi connectivity index (χ0) is 15.7. The van der Waals surface area contributed by atoms with Gasteiger partial charge in [-0.25, -0.2) is 8.42 Å². The van der Waals surface area contributed by atoms with Crippen molar-refractivity contribution in [2.75, 3.05) is 20.2 Å². The Labute approximate surface area is 129 Å². The number of carbonyl (C=O) groups excluding carboxylic acids is 1. The first-order chi connectivity index (χ1) is 10.5. The summed E-state index contributed by atoms with van der Waals surface area (Å²) in [6.07, 6.45) is 2.77. The summed E-state index contributed by atoms with van der Waals surface area (Å²) in [7, 11) is -2.17. The van der Waals surface area contributed by atoms with E-state index in [0.29, 0.717) is 25.9 Å². The van der Waals surface area contributed by atoms with Gasteiger partial charge < -0.3 is 9.72 Å². The molecular formula is C15H18N2O4S. The third-order valence-electron chi connectivity index (χ3n) is 4.15. The van der Waals surface area contributed by atoms with Gasteiger partial charge in [0, 0.05) is 24.8 Å². The molecule has 2 aromatic rings. The molecule has 0 atom stereocenters. The predicted octanol–water partition coefficient (Wildman–Crippen LogP) is 1.74. The van der Waals surface area contributed by atoms with Gasteiger partial charge in [0.25, 0.3) is 0 Å². The lowest BCUT2D eigenvalue weighted by Gasteiger charge is -2.29. The summed E-state index contributed by atoms with van der Waals surface area (Å²) in [4.78, 5) is 14.8. The SMILES string of the molecule is COC(=O)C1CCN(S(=O)(=O)c2ccc3cc[nH]c3c2)CC1. The Morgan fingerprint density at radius 3 is 2.68 bits per heavy atom. The Balaban J connectivity index is 1.80. The molecule has 22 heavy (non-hydrogen) atoms. The molecule has 0 saturated carbocycles. The van der Waals surface area contributed by atoms with E-state index in [1.54, 1.807) is 24.4 Å². The number of nitrogens with one attached hydrogen (secondary N) is 1. The minimum absolute atomic E-state index is 0.206. The highest BCUT2D eigenvalue weighted by Crippen LogP contribution is 2.26. The number of esters is 1. The van der Waals surface area contributed by atoms with Crippen LogP contribution in [0.15, 0.2) is 35.4 Å². The monoisotopic (exact) mass is 322 g/mol. The number of aromatic amines is 1. The molecule has 2 heterocycles. The molecular weight excluding hydrogens is 304 g/mol. The molecule has 0 radical (unpaired) electrons. The molecule has 6 nitrogen and oxygen atoms in total. The third kappa shape index (κ3) is 2.62. The Bertz CT molecular complexity index is 789. The molecule has 3 rings (SSSR count). The number of sulfonamides is 1. The summed E-state index contributed by atoms with van der Waals surface area (Å²) in [5.74, 6) is -0.466. The summed E-state index contributed by atoms with van der Waals surface area (Å²) >= 11 is 0. The molecule has 1 N–H and O–H groups in total. The van der Waals surface area contributed by atoms with Crippen LogP contribution in [-0.2, 0) is 19.6 Å². The molecule has 0 bridgehead atoms. The van der Waals surface area contributed by atoms with Crippen LogP contribution in [0.4, 0.5) is 0 Å². The van der Waals surface area contributed by atoms with Gasteiger partial charge in [0.2, 0.25) is 10.0 Å². The van der Waals surface area contributed by atoms with Crippen LogP contribution in [-0.4, -0.2) is 43.9 Å². The predicted molar refractivity (Wildman–Crippen MR) is 81.8 cm³/mol. The highest BCUT2D eigenvalue weighted by atomic mass is 32.2. The Morgan fingerprint density at radius 2 is 2.00 bits per heavy atom. The average Bonchev–Trinajstić information content (AvgIpc) is 3.01. The van der Waals surface area contributed by atoms with Gasteiger partial charge in [-0.15, -0.1) is 0 Å². The fraction of sp³-hybridized carbons (Fsp3) is 0.400. The average molecular weight is 322 g/mol. The Morgan fingerprint density at radius 1 is 1.27 bits per heavy atom. The van der Waals surface area contributed by atoms with Crippen LogP contribution in [0.2, 0.25) is 0 Å². The van der Waals surface area contributed by atoms with Crippen molar-refractivity contribution in [3.63, 3.8) is 0 Å². The summed E-state index contributed by atoms with van der Waals surface area (Å²) in [6, 6.07) is 6.96. The number of methoxy groups -OCH3 is 1. The largest absolute Gasteiger partial charge is 0.469 e. The maximum atomic E-state index is 12.7. The van der Waals surface area contributed by atoms with E-state index in [2.05, 4.69) is 4.98 Å². The van der Waals surface area contributed by atoms with Crippen molar-refractivity contribution in [1.29, 1.82) is 0 Å². The maximum absolute atomic E-state index is 12.7. The van der Waals surface area contributed by atoms with Gasteiger partial charge in [0.05, 0.1) is 17.9 Å². The van der Waals surface area contributed by atoms with Gasteiger partial charge in [-0.3, -0.25) is 4.79 Å². The molecule has 0 spiro atoms. The van der Waals surface area contributed by atoms with E-state index in [0.717, 1.165) is 10.9 Å². The fourth-order valence-corrected chi connectivity index (χ4v) is 4.33. The standard InChI is InChI=1S/C15H18N2O4S/c1-21-15(18)12-5-8-17(9-6-12)22(19,20)13-3-2-11-4-7-16-14(11)10-13/h2-4,7,10,12,16H,5-6,8-9H2,1H3. The maximum Gasteiger partial charge on any atom is 0.308 e. The fourth-order valence-electron chi connectivity index (χ4n) is 2.84. The molecule has 0 unspecified atom stereocenters.